The third kappa shape index (κ3) is 5.48. The normalized spacial score (nSPS) is 11.9. The molecule has 25 heavy (non-hydrogen) atoms. The Labute approximate surface area is 148 Å². The van der Waals surface area contributed by atoms with Crippen molar-refractivity contribution in [2.75, 3.05) is 6.61 Å². The van der Waals surface area contributed by atoms with Gasteiger partial charge in [-0.05, 0) is 36.1 Å². The summed E-state index contributed by atoms with van der Waals surface area (Å²) in [6.07, 6.45) is 0. The van der Waals surface area contributed by atoms with Gasteiger partial charge in [0.2, 0.25) is 0 Å². The van der Waals surface area contributed by atoms with Gasteiger partial charge >= 0.3 is 6.03 Å². The number of urea groups is 1. The van der Waals surface area contributed by atoms with Crippen molar-refractivity contribution in [1.82, 2.24) is 10.6 Å². The first-order valence-corrected chi connectivity index (χ1v) is 8.51. The van der Waals surface area contributed by atoms with E-state index in [1.165, 1.54) is 6.07 Å². The van der Waals surface area contributed by atoms with Crippen molar-refractivity contribution >= 4 is 6.03 Å². The molecular formula is C20H25FN2O2. The van der Waals surface area contributed by atoms with E-state index in [-0.39, 0.29) is 30.3 Å². The highest BCUT2D eigenvalue weighted by Gasteiger charge is 2.17. The zero-order valence-electron chi connectivity index (χ0n) is 14.9. The van der Waals surface area contributed by atoms with Crippen LogP contribution in [0.15, 0.2) is 48.5 Å². The van der Waals surface area contributed by atoms with Gasteiger partial charge in [0, 0.05) is 6.54 Å². The van der Waals surface area contributed by atoms with E-state index in [2.05, 4.69) is 24.5 Å². The van der Waals surface area contributed by atoms with Crippen LogP contribution in [0.3, 0.4) is 0 Å². The Bertz CT molecular complexity index is 689. The van der Waals surface area contributed by atoms with Gasteiger partial charge < -0.3 is 15.4 Å². The summed E-state index contributed by atoms with van der Waals surface area (Å²) in [6.45, 7) is 6.57. The van der Waals surface area contributed by atoms with Crippen LogP contribution in [-0.2, 0) is 6.54 Å². The Morgan fingerprint density at radius 1 is 1.16 bits per heavy atom. The Morgan fingerprint density at radius 3 is 2.48 bits per heavy atom. The number of rotatable bonds is 7. The molecule has 0 bridgehead atoms. The highest BCUT2D eigenvalue weighted by atomic mass is 19.1. The molecule has 2 N–H and O–H groups in total. The number of carbonyl (C=O) groups is 1. The molecule has 0 fully saturated rings. The largest absolute Gasteiger partial charge is 0.491 e. The third-order valence-corrected chi connectivity index (χ3v) is 3.86. The summed E-state index contributed by atoms with van der Waals surface area (Å²) >= 11 is 0. The molecule has 1 unspecified atom stereocenters. The summed E-state index contributed by atoms with van der Waals surface area (Å²) in [5.74, 6) is 0.0432. The van der Waals surface area contributed by atoms with Crippen molar-refractivity contribution in [3.8, 4) is 5.75 Å². The first-order valence-electron chi connectivity index (χ1n) is 8.51. The van der Waals surface area contributed by atoms with E-state index in [1.54, 1.807) is 19.1 Å². The van der Waals surface area contributed by atoms with Gasteiger partial charge in [-0.1, -0.05) is 50.2 Å². The molecule has 2 aromatic rings. The van der Waals surface area contributed by atoms with Gasteiger partial charge in [0.25, 0.3) is 0 Å². The average molecular weight is 344 g/mol. The SMILES string of the molecule is CCOc1ccc(CNC(=O)NC(c2ccccc2)C(C)C)cc1F. The Kier molecular flexibility index (Phi) is 6.81. The number of halogens is 1. The van der Waals surface area contributed by atoms with E-state index in [9.17, 15) is 9.18 Å². The van der Waals surface area contributed by atoms with Crippen molar-refractivity contribution in [1.29, 1.82) is 0 Å². The van der Waals surface area contributed by atoms with Crippen LogP contribution in [0.4, 0.5) is 9.18 Å². The molecule has 0 aliphatic rings. The quantitative estimate of drug-likeness (QED) is 0.781. The summed E-state index contributed by atoms with van der Waals surface area (Å²) in [5, 5.41) is 5.76. The molecule has 2 aromatic carbocycles. The molecule has 5 heteroatoms. The van der Waals surface area contributed by atoms with Crippen LogP contribution in [0.2, 0.25) is 0 Å². The smallest absolute Gasteiger partial charge is 0.315 e. The van der Waals surface area contributed by atoms with Crippen LogP contribution < -0.4 is 15.4 Å². The number of hydrogen-bond donors (Lipinski definition) is 2. The number of benzene rings is 2. The lowest BCUT2D eigenvalue weighted by atomic mass is 9.96. The second-order valence-corrected chi connectivity index (χ2v) is 6.16. The molecule has 4 nitrogen and oxygen atoms in total. The predicted molar refractivity (Wildman–Crippen MR) is 97.0 cm³/mol. The summed E-state index contributed by atoms with van der Waals surface area (Å²) < 4.78 is 19.0. The monoisotopic (exact) mass is 344 g/mol. The van der Waals surface area contributed by atoms with Gasteiger partial charge in [-0.15, -0.1) is 0 Å². The molecule has 0 aliphatic heterocycles. The summed E-state index contributed by atoms with van der Waals surface area (Å²) in [4.78, 5) is 12.2. The lowest BCUT2D eigenvalue weighted by molar-refractivity contribution is 0.232. The Morgan fingerprint density at radius 2 is 1.88 bits per heavy atom. The number of carbonyl (C=O) groups excluding carboxylic acids is 1. The second-order valence-electron chi connectivity index (χ2n) is 6.16. The Hall–Kier alpha value is -2.56. The zero-order valence-corrected chi connectivity index (χ0v) is 14.9. The minimum absolute atomic E-state index is 0.0849. The Balaban J connectivity index is 1.94. The fraction of sp³-hybridized carbons (Fsp3) is 0.350. The molecule has 2 rings (SSSR count). The highest BCUT2D eigenvalue weighted by Crippen LogP contribution is 2.21. The van der Waals surface area contributed by atoms with Crippen molar-refractivity contribution in [3.05, 3.63) is 65.5 Å². The van der Waals surface area contributed by atoms with E-state index in [0.29, 0.717) is 12.2 Å². The summed E-state index contributed by atoms with van der Waals surface area (Å²) in [7, 11) is 0. The molecule has 0 saturated heterocycles. The maximum absolute atomic E-state index is 13.8. The van der Waals surface area contributed by atoms with E-state index in [0.717, 1.165) is 5.56 Å². The van der Waals surface area contributed by atoms with Gasteiger partial charge in [0.15, 0.2) is 11.6 Å². The fourth-order valence-corrected chi connectivity index (χ4v) is 2.60. The van der Waals surface area contributed by atoms with E-state index in [4.69, 9.17) is 4.74 Å². The molecule has 0 heterocycles. The first-order chi connectivity index (χ1) is 12.0. The minimum Gasteiger partial charge on any atom is -0.491 e. The van der Waals surface area contributed by atoms with Crippen LogP contribution in [0.1, 0.15) is 37.9 Å². The van der Waals surface area contributed by atoms with Crippen LogP contribution >= 0.6 is 0 Å². The maximum Gasteiger partial charge on any atom is 0.315 e. The average Bonchev–Trinajstić information content (AvgIpc) is 2.60. The van der Waals surface area contributed by atoms with Crippen molar-refractivity contribution in [2.24, 2.45) is 5.92 Å². The lowest BCUT2D eigenvalue weighted by Gasteiger charge is -2.23. The van der Waals surface area contributed by atoms with Gasteiger partial charge in [-0.25, -0.2) is 9.18 Å². The van der Waals surface area contributed by atoms with Crippen LogP contribution in [0, 0.1) is 11.7 Å². The molecule has 1 atom stereocenters. The minimum atomic E-state index is -0.425. The molecule has 0 saturated carbocycles. The van der Waals surface area contributed by atoms with Crippen LogP contribution in [-0.4, -0.2) is 12.6 Å². The zero-order chi connectivity index (χ0) is 18.2. The standard InChI is InChI=1S/C20H25FN2O2/c1-4-25-18-11-10-15(12-17(18)21)13-22-20(24)23-19(14(2)3)16-8-6-5-7-9-16/h5-12,14,19H,4,13H2,1-3H3,(H2,22,23,24). The van der Waals surface area contributed by atoms with Gasteiger partial charge in [-0.2, -0.15) is 0 Å². The van der Waals surface area contributed by atoms with Crippen molar-refractivity contribution in [2.45, 2.75) is 33.4 Å². The number of ether oxygens (including phenoxy) is 1. The maximum atomic E-state index is 13.8. The van der Waals surface area contributed by atoms with Gasteiger partial charge in [0.1, 0.15) is 0 Å². The number of hydrogen-bond acceptors (Lipinski definition) is 2. The number of amides is 2. The molecular weight excluding hydrogens is 319 g/mol. The van der Waals surface area contributed by atoms with E-state index in [1.807, 2.05) is 30.3 Å². The van der Waals surface area contributed by atoms with Crippen LogP contribution in [0.5, 0.6) is 5.75 Å². The van der Waals surface area contributed by atoms with Crippen LogP contribution in [0.25, 0.3) is 0 Å². The predicted octanol–water partition coefficient (Wildman–Crippen LogP) is 4.42. The topological polar surface area (TPSA) is 50.4 Å². The van der Waals surface area contributed by atoms with Gasteiger partial charge in [0.05, 0.1) is 12.6 Å². The second kappa shape index (κ2) is 9.06. The molecule has 2 amide bonds. The molecule has 0 aromatic heterocycles. The van der Waals surface area contributed by atoms with Gasteiger partial charge in [-0.3, -0.25) is 0 Å². The van der Waals surface area contributed by atoms with E-state index >= 15 is 0 Å². The fourth-order valence-electron chi connectivity index (χ4n) is 2.60. The third-order valence-electron chi connectivity index (χ3n) is 3.86. The molecule has 0 radical (unpaired) electrons. The molecule has 134 valence electrons. The van der Waals surface area contributed by atoms with Crippen molar-refractivity contribution < 1.29 is 13.9 Å². The first kappa shape index (κ1) is 18.8. The van der Waals surface area contributed by atoms with Crippen molar-refractivity contribution in [3.63, 3.8) is 0 Å². The molecule has 0 spiro atoms. The summed E-state index contributed by atoms with van der Waals surface area (Å²) in [5.41, 5.74) is 1.73. The highest BCUT2D eigenvalue weighted by molar-refractivity contribution is 5.74. The molecule has 0 aliphatic carbocycles. The number of nitrogens with one attached hydrogen (secondary N) is 2. The summed E-state index contributed by atoms with van der Waals surface area (Å²) in [6, 6.07) is 14.2. The van der Waals surface area contributed by atoms with E-state index < -0.39 is 5.82 Å². The lowest BCUT2D eigenvalue weighted by Crippen LogP contribution is -2.39.